The van der Waals surface area contributed by atoms with Gasteiger partial charge in [-0.3, -0.25) is 14.7 Å². The largest absolute Gasteiger partial charge is 0.353 e. The number of ether oxygens (including phenoxy) is 1. The predicted molar refractivity (Wildman–Crippen MR) is 63.4 cm³/mol. The van der Waals surface area contributed by atoms with E-state index in [1.54, 1.807) is 19.5 Å². The van der Waals surface area contributed by atoms with Crippen molar-refractivity contribution < 1.29 is 9.53 Å². The molecule has 2 rings (SSSR count). The van der Waals surface area contributed by atoms with E-state index in [9.17, 15) is 4.79 Å². The number of carbonyl (C=O) groups excluding carboxylic acids is 1. The Labute approximate surface area is 101 Å². The molecule has 1 aromatic heterocycles. The van der Waals surface area contributed by atoms with Crippen molar-refractivity contribution in [2.24, 2.45) is 0 Å². The van der Waals surface area contributed by atoms with E-state index in [1.165, 1.54) is 0 Å². The Bertz CT molecular complexity index is 365. The van der Waals surface area contributed by atoms with Crippen LogP contribution in [0.2, 0.25) is 0 Å². The third kappa shape index (κ3) is 2.22. The van der Waals surface area contributed by atoms with Crippen molar-refractivity contribution in [3.63, 3.8) is 0 Å². The molecule has 0 spiro atoms. The number of methoxy groups -OCH3 is 1. The normalized spacial score (nSPS) is 20.8. The standard InChI is InChI=1S/C12H17N3O2/c1-17-12(10-16,11-2-4-13-5-3-11)15-8-6-14-7-9-15/h2-5,10,14H,6-9H2,1H3. The minimum atomic E-state index is -0.981. The van der Waals surface area contributed by atoms with Gasteiger partial charge in [-0.25, -0.2) is 0 Å². The molecule has 1 N–H and O–H groups in total. The Kier molecular flexibility index (Phi) is 3.83. The molecule has 1 atom stereocenters. The topological polar surface area (TPSA) is 54.5 Å². The van der Waals surface area contributed by atoms with Crippen molar-refractivity contribution in [3.8, 4) is 0 Å². The lowest BCUT2D eigenvalue weighted by Gasteiger charge is -2.41. The van der Waals surface area contributed by atoms with Crippen LogP contribution in [0.5, 0.6) is 0 Å². The number of carbonyl (C=O) groups is 1. The summed E-state index contributed by atoms with van der Waals surface area (Å²) in [7, 11) is 1.57. The Morgan fingerprint density at radius 3 is 2.59 bits per heavy atom. The van der Waals surface area contributed by atoms with Crippen molar-refractivity contribution in [3.05, 3.63) is 30.1 Å². The SMILES string of the molecule is COC(C=O)(c1ccncc1)N1CCNCC1. The maximum atomic E-state index is 11.6. The molecular weight excluding hydrogens is 218 g/mol. The Hall–Kier alpha value is -1.30. The fourth-order valence-electron chi connectivity index (χ4n) is 2.21. The fourth-order valence-corrected chi connectivity index (χ4v) is 2.21. The number of aromatic nitrogens is 1. The monoisotopic (exact) mass is 235 g/mol. The molecule has 1 fully saturated rings. The summed E-state index contributed by atoms with van der Waals surface area (Å²) in [6, 6.07) is 3.64. The van der Waals surface area contributed by atoms with Gasteiger partial charge in [-0.15, -0.1) is 0 Å². The maximum Gasteiger partial charge on any atom is 0.204 e. The molecule has 0 radical (unpaired) electrons. The van der Waals surface area contributed by atoms with Crippen molar-refractivity contribution in [2.45, 2.75) is 5.72 Å². The fraction of sp³-hybridized carbons (Fsp3) is 0.500. The van der Waals surface area contributed by atoms with Crippen LogP contribution in [0, 0.1) is 0 Å². The van der Waals surface area contributed by atoms with E-state index in [1.807, 2.05) is 17.0 Å². The van der Waals surface area contributed by atoms with Gasteiger partial charge in [0.05, 0.1) is 0 Å². The summed E-state index contributed by atoms with van der Waals surface area (Å²) in [5.74, 6) is 0. The summed E-state index contributed by atoms with van der Waals surface area (Å²) >= 11 is 0. The van der Waals surface area contributed by atoms with E-state index in [0.717, 1.165) is 38.0 Å². The van der Waals surface area contributed by atoms with Crippen LogP contribution in [0.3, 0.4) is 0 Å². The van der Waals surface area contributed by atoms with Gasteiger partial charge in [0.15, 0.2) is 6.29 Å². The molecular formula is C12H17N3O2. The van der Waals surface area contributed by atoms with Crippen LogP contribution in [0.1, 0.15) is 5.56 Å². The third-order valence-corrected chi connectivity index (χ3v) is 3.15. The van der Waals surface area contributed by atoms with Crippen LogP contribution in [-0.4, -0.2) is 49.5 Å². The second-order valence-corrected chi connectivity index (χ2v) is 3.99. The lowest BCUT2D eigenvalue weighted by atomic mass is 10.0. The number of piperazine rings is 1. The highest BCUT2D eigenvalue weighted by Gasteiger charge is 2.39. The van der Waals surface area contributed by atoms with Crippen LogP contribution >= 0.6 is 0 Å². The number of hydrogen-bond donors (Lipinski definition) is 1. The molecule has 92 valence electrons. The van der Waals surface area contributed by atoms with Crippen molar-refractivity contribution in [1.82, 2.24) is 15.2 Å². The summed E-state index contributed by atoms with van der Waals surface area (Å²) in [4.78, 5) is 17.6. The average Bonchev–Trinajstić information content (AvgIpc) is 2.43. The smallest absolute Gasteiger partial charge is 0.204 e. The molecule has 0 saturated carbocycles. The summed E-state index contributed by atoms with van der Waals surface area (Å²) in [6.45, 7) is 3.30. The summed E-state index contributed by atoms with van der Waals surface area (Å²) in [5, 5.41) is 3.26. The first-order valence-electron chi connectivity index (χ1n) is 5.71. The Morgan fingerprint density at radius 2 is 2.06 bits per heavy atom. The third-order valence-electron chi connectivity index (χ3n) is 3.15. The van der Waals surface area contributed by atoms with Gasteiger partial charge in [0.1, 0.15) is 0 Å². The van der Waals surface area contributed by atoms with Gasteiger partial charge >= 0.3 is 0 Å². The maximum absolute atomic E-state index is 11.6. The molecule has 5 nitrogen and oxygen atoms in total. The minimum Gasteiger partial charge on any atom is -0.353 e. The number of pyridine rings is 1. The molecule has 17 heavy (non-hydrogen) atoms. The van der Waals surface area contributed by atoms with Gasteiger partial charge < -0.3 is 10.1 Å². The van der Waals surface area contributed by atoms with E-state index in [0.29, 0.717) is 0 Å². The number of aldehydes is 1. The summed E-state index contributed by atoms with van der Waals surface area (Å²) in [6.07, 6.45) is 4.22. The molecule has 1 unspecified atom stereocenters. The molecule has 1 aliphatic heterocycles. The van der Waals surface area contributed by atoms with Gasteiger partial charge in [-0.1, -0.05) is 0 Å². The lowest BCUT2D eigenvalue weighted by molar-refractivity contribution is -0.162. The van der Waals surface area contributed by atoms with Crippen molar-refractivity contribution in [1.29, 1.82) is 0 Å². The molecule has 0 aromatic carbocycles. The number of nitrogens with zero attached hydrogens (tertiary/aromatic N) is 2. The first-order chi connectivity index (χ1) is 8.33. The molecule has 1 aliphatic rings. The first-order valence-corrected chi connectivity index (χ1v) is 5.71. The quantitative estimate of drug-likeness (QED) is 0.744. The predicted octanol–water partition coefficient (Wildman–Crippen LogP) is -0.0151. The zero-order valence-electron chi connectivity index (χ0n) is 9.93. The molecule has 0 amide bonds. The van der Waals surface area contributed by atoms with E-state index in [4.69, 9.17) is 4.74 Å². The average molecular weight is 235 g/mol. The van der Waals surface area contributed by atoms with Gasteiger partial charge in [0.2, 0.25) is 5.72 Å². The lowest BCUT2D eigenvalue weighted by Crippen LogP contribution is -2.56. The van der Waals surface area contributed by atoms with Crippen LogP contribution in [-0.2, 0) is 15.3 Å². The van der Waals surface area contributed by atoms with Gasteiger partial charge in [0, 0.05) is 51.2 Å². The molecule has 5 heteroatoms. The van der Waals surface area contributed by atoms with Gasteiger partial charge in [-0.05, 0) is 12.1 Å². The highest BCUT2D eigenvalue weighted by atomic mass is 16.5. The molecule has 1 aromatic rings. The van der Waals surface area contributed by atoms with Gasteiger partial charge in [0.25, 0.3) is 0 Å². The summed E-state index contributed by atoms with van der Waals surface area (Å²) in [5.41, 5.74) is -0.155. The highest BCUT2D eigenvalue weighted by molar-refractivity contribution is 5.65. The van der Waals surface area contributed by atoms with Crippen molar-refractivity contribution >= 4 is 6.29 Å². The zero-order chi connectivity index (χ0) is 12.1. The second-order valence-electron chi connectivity index (χ2n) is 3.99. The van der Waals surface area contributed by atoms with Crippen LogP contribution in [0.4, 0.5) is 0 Å². The number of nitrogens with one attached hydrogen (secondary N) is 1. The van der Waals surface area contributed by atoms with E-state index in [-0.39, 0.29) is 0 Å². The van der Waals surface area contributed by atoms with Gasteiger partial charge in [-0.2, -0.15) is 0 Å². The van der Waals surface area contributed by atoms with Crippen LogP contribution < -0.4 is 5.32 Å². The Morgan fingerprint density at radius 1 is 1.41 bits per heavy atom. The molecule has 1 saturated heterocycles. The Balaban J connectivity index is 2.34. The first kappa shape index (κ1) is 12.2. The van der Waals surface area contributed by atoms with E-state index >= 15 is 0 Å². The van der Waals surface area contributed by atoms with Crippen molar-refractivity contribution in [2.75, 3.05) is 33.3 Å². The highest BCUT2D eigenvalue weighted by Crippen LogP contribution is 2.27. The van der Waals surface area contributed by atoms with E-state index < -0.39 is 5.72 Å². The number of hydrogen-bond acceptors (Lipinski definition) is 5. The molecule has 2 heterocycles. The molecule has 0 aliphatic carbocycles. The number of rotatable bonds is 4. The van der Waals surface area contributed by atoms with Crippen LogP contribution in [0.25, 0.3) is 0 Å². The summed E-state index contributed by atoms with van der Waals surface area (Å²) < 4.78 is 5.51. The minimum absolute atomic E-state index is 0.787. The zero-order valence-corrected chi connectivity index (χ0v) is 9.93. The molecule has 0 bridgehead atoms. The van der Waals surface area contributed by atoms with Crippen LogP contribution in [0.15, 0.2) is 24.5 Å². The van der Waals surface area contributed by atoms with E-state index in [2.05, 4.69) is 10.3 Å². The second kappa shape index (κ2) is 5.35.